The summed E-state index contributed by atoms with van der Waals surface area (Å²) in [7, 11) is 1.41. The molecule has 1 N–H and O–H groups in total. The Bertz CT molecular complexity index is 1210. The zero-order chi connectivity index (χ0) is 20.7. The number of ether oxygens (including phenoxy) is 1. The van der Waals surface area contributed by atoms with Gasteiger partial charge < -0.3 is 9.84 Å². The number of carbonyl (C=O) groups excluding carboxylic acids is 2. The highest BCUT2D eigenvalue weighted by molar-refractivity contribution is 6.26. The van der Waals surface area contributed by atoms with Crippen LogP contribution in [0, 0.1) is 10.1 Å². The SMILES string of the molecule is COc1ccc(/C=N\N2C(=O)c3cccc4c([N+](=O)[O-])ccc(c34)C2=O)cc1O. The van der Waals surface area contributed by atoms with Crippen LogP contribution in [0.15, 0.2) is 53.6 Å². The number of phenolic OH excluding ortho intramolecular Hbond substituents is 1. The normalized spacial score (nSPS) is 13.3. The minimum absolute atomic E-state index is 0.116. The van der Waals surface area contributed by atoms with E-state index in [0.717, 1.165) is 0 Å². The van der Waals surface area contributed by atoms with Crippen molar-refractivity contribution >= 4 is 34.5 Å². The molecule has 0 saturated heterocycles. The first-order valence-corrected chi connectivity index (χ1v) is 8.42. The summed E-state index contributed by atoms with van der Waals surface area (Å²) < 4.78 is 4.97. The van der Waals surface area contributed by atoms with Gasteiger partial charge in [0.15, 0.2) is 11.5 Å². The maximum Gasteiger partial charge on any atom is 0.282 e. The number of nitro groups is 1. The highest BCUT2D eigenvalue weighted by atomic mass is 16.6. The molecule has 4 rings (SSSR count). The lowest BCUT2D eigenvalue weighted by Gasteiger charge is -2.23. The molecule has 0 aliphatic carbocycles. The number of hydrogen-bond donors (Lipinski definition) is 1. The highest BCUT2D eigenvalue weighted by Gasteiger charge is 2.34. The number of aromatic hydroxyl groups is 1. The third-order valence-corrected chi connectivity index (χ3v) is 4.59. The number of nitrogens with zero attached hydrogens (tertiary/aromatic N) is 3. The van der Waals surface area contributed by atoms with Gasteiger partial charge in [0, 0.05) is 11.5 Å². The van der Waals surface area contributed by atoms with Crippen LogP contribution in [-0.2, 0) is 0 Å². The van der Waals surface area contributed by atoms with Crippen molar-refractivity contribution in [2.75, 3.05) is 7.11 Å². The van der Waals surface area contributed by atoms with Crippen LogP contribution in [0.2, 0.25) is 0 Å². The molecule has 0 radical (unpaired) electrons. The quantitative estimate of drug-likeness (QED) is 0.316. The molecule has 3 aromatic carbocycles. The second-order valence-electron chi connectivity index (χ2n) is 6.22. The number of hydrogen-bond acceptors (Lipinski definition) is 7. The monoisotopic (exact) mass is 391 g/mol. The second kappa shape index (κ2) is 6.71. The largest absolute Gasteiger partial charge is 0.504 e. The molecule has 0 atom stereocenters. The van der Waals surface area contributed by atoms with E-state index >= 15 is 0 Å². The van der Waals surface area contributed by atoms with E-state index < -0.39 is 16.7 Å². The fourth-order valence-electron chi connectivity index (χ4n) is 3.24. The molecule has 1 aliphatic heterocycles. The van der Waals surface area contributed by atoms with Crippen LogP contribution < -0.4 is 4.74 Å². The average Bonchev–Trinajstić information content (AvgIpc) is 2.71. The number of benzene rings is 3. The molecule has 0 spiro atoms. The van der Waals surface area contributed by atoms with Crippen LogP contribution >= 0.6 is 0 Å². The van der Waals surface area contributed by atoms with Crippen LogP contribution in [-0.4, -0.2) is 40.2 Å². The minimum atomic E-state index is -0.692. The van der Waals surface area contributed by atoms with E-state index in [9.17, 15) is 24.8 Å². The topological polar surface area (TPSA) is 122 Å². The number of carbonyl (C=O) groups is 2. The highest BCUT2D eigenvalue weighted by Crippen LogP contribution is 2.35. The number of phenols is 1. The smallest absolute Gasteiger partial charge is 0.282 e. The van der Waals surface area contributed by atoms with Crippen LogP contribution in [0.25, 0.3) is 10.8 Å². The molecule has 9 nitrogen and oxygen atoms in total. The van der Waals surface area contributed by atoms with Gasteiger partial charge in [0.25, 0.3) is 17.5 Å². The summed E-state index contributed by atoms with van der Waals surface area (Å²) in [5.74, 6) is -1.23. The Labute approximate surface area is 163 Å². The molecular weight excluding hydrogens is 378 g/mol. The predicted octanol–water partition coefficient (Wildman–Crippen LogP) is 3.09. The maximum absolute atomic E-state index is 12.8. The lowest BCUT2D eigenvalue weighted by molar-refractivity contribution is -0.383. The van der Waals surface area contributed by atoms with E-state index in [1.165, 1.54) is 55.8 Å². The number of imide groups is 1. The van der Waals surface area contributed by atoms with Gasteiger partial charge >= 0.3 is 0 Å². The number of amides is 2. The van der Waals surface area contributed by atoms with Crippen molar-refractivity contribution in [1.82, 2.24) is 5.01 Å². The Kier molecular flexibility index (Phi) is 4.19. The van der Waals surface area contributed by atoms with Crippen LogP contribution in [0.4, 0.5) is 5.69 Å². The third-order valence-electron chi connectivity index (χ3n) is 4.59. The number of nitro benzene ring substituents is 1. The van der Waals surface area contributed by atoms with Crippen LogP contribution in [0.3, 0.4) is 0 Å². The van der Waals surface area contributed by atoms with Crippen molar-refractivity contribution in [3.8, 4) is 11.5 Å². The molecule has 0 bridgehead atoms. The van der Waals surface area contributed by atoms with E-state index in [0.29, 0.717) is 10.6 Å². The van der Waals surface area contributed by atoms with Gasteiger partial charge in [-0.2, -0.15) is 10.1 Å². The first-order valence-electron chi connectivity index (χ1n) is 8.42. The first-order chi connectivity index (χ1) is 13.9. The summed E-state index contributed by atoms with van der Waals surface area (Å²) in [6, 6.07) is 11.6. The number of rotatable bonds is 4. The molecule has 0 unspecified atom stereocenters. The standard InChI is InChI=1S/C20H13N3O6/c1-29-17-8-5-11(9-16(17)24)10-21-22-19(25)13-4-2-3-12-15(23(27)28)7-6-14(18(12)13)20(22)26/h2-10,24H,1H3/b21-10-. The zero-order valence-corrected chi connectivity index (χ0v) is 15.0. The second-order valence-corrected chi connectivity index (χ2v) is 6.22. The molecule has 144 valence electrons. The third kappa shape index (κ3) is 2.85. The van der Waals surface area contributed by atoms with Crippen LogP contribution in [0.1, 0.15) is 26.3 Å². The average molecular weight is 391 g/mol. The predicted molar refractivity (Wildman–Crippen MR) is 103 cm³/mol. The van der Waals surface area contributed by atoms with Gasteiger partial charge in [-0.3, -0.25) is 19.7 Å². The zero-order valence-electron chi connectivity index (χ0n) is 15.0. The first kappa shape index (κ1) is 18.1. The summed E-state index contributed by atoms with van der Waals surface area (Å²) in [5.41, 5.74) is 0.555. The Morgan fingerprint density at radius 2 is 1.83 bits per heavy atom. The molecule has 3 aromatic rings. The molecule has 1 heterocycles. The summed E-state index contributed by atoms with van der Waals surface area (Å²) in [5, 5.41) is 26.3. The fraction of sp³-hybridized carbons (Fsp3) is 0.0500. The van der Waals surface area contributed by atoms with E-state index in [2.05, 4.69) is 5.10 Å². The number of methoxy groups -OCH3 is 1. The van der Waals surface area contributed by atoms with E-state index in [4.69, 9.17) is 4.74 Å². The van der Waals surface area contributed by atoms with Crippen molar-refractivity contribution in [3.63, 3.8) is 0 Å². The molecule has 1 aliphatic rings. The van der Waals surface area contributed by atoms with Gasteiger partial charge in [-0.05, 0) is 42.0 Å². The molecule has 9 heteroatoms. The van der Waals surface area contributed by atoms with Crippen molar-refractivity contribution in [1.29, 1.82) is 0 Å². The molecule has 2 amide bonds. The summed E-state index contributed by atoms with van der Waals surface area (Å²) in [6.07, 6.45) is 1.26. The van der Waals surface area contributed by atoms with Gasteiger partial charge in [-0.1, -0.05) is 6.07 Å². The molecule has 0 fully saturated rings. The Balaban J connectivity index is 1.77. The molecule has 29 heavy (non-hydrogen) atoms. The minimum Gasteiger partial charge on any atom is -0.504 e. The summed E-state index contributed by atoms with van der Waals surface area (Å²) in [4.78, 5) is 36.4. The van der Waals surface area contributed by atoms with E-state index in [1.54, 1.807) is 6.07 Å². The lowest BCUT2D eigenvalue weighted by atomic mass is 9.94. The Hall–Kier alpha value is -4.27. The van der Waals surface area contributed by atoms with Gasteiger partial charge in [0.2, 0.25) is 0 Å². The summed E-state index contributed by atoms with van der Waals surface area (Å²) in [6.45, 7) is 0. The molecule has 0 saturated carbocycles. The summed E-state index contributed by atoms with van der Waals surface area (Å²) >= 11 is 0. The number of hydrazone groups is 1. The van der Waals surface area contributed by atoms with Gasteiger partial charge in [0.05, 0.1) is 34.8 Å². The fourth-order valence-corrected chi connectivity index (χ4v) is 3.24. The van der Waals surface area contributed by atoms with Crippen molar-refractivity contribution < 1.29 is 24.4 Å². The molecular formula is C20H13N3O6. The van der Waals surface area contributed by atoms with Crippen molar-refractivity contribution in [3.05, 3.63) is 75.3 Å². The van der Waals surface area contributed by atoms with Gasteiger partial charge in [-0.15, -0.1) is 0 Å². The molecule has 0 aromatic heterocycles. The van der Waals surface area contributed by atoms with Gasteiger partial charge in [-0.25, -0.2) is 0 Å². The van der Waals surface area contributed by atoms with E-state index in [1.807, 2.05) is 0 Å². The number of non-ortho nitro benzene ring substituents is 1. The maximum atomic E-state index is 12.8. The van der Waals surface area contributed by atoms with Crippen LogP contribution in [0.5, 0.6) is 11.5 Å². The Morgan fingerprint density at radius 1 is 1.10 bits per heavy atom. The lowest BCUT2D eigenvalue weighted by Crippen LogP contribution is -2.36. The van der Waals surface area contributed by atoms with Crippen molar-refractivity contribution in [2.45, 2.75) is 0 Å². The Morgan fingerprint density at radius 3 is 2.48 bits per heavy atom. The van der Waals surface area contributed by atoms with Crippen molar-refractivity contribution in [2.24, 2.45) is 5.10 Å². The van der Waals surface area contributed by atoms with Gasteiger partial charge in [0.1, 0.15) is 0 Å². The van der Waals surface area contributed by atoms with E-state index in [-0.39, 0.29) is 39.1 Å².